The molecule has 1 saturated heterocycles. The summed E-state index contributed by atoms with van der Waals surface area (Å²) in [4.78, 5) is 25.6. The molecule has 36 heavy (non-hydrogen) atoms. The molecule has 1 aromatic carbocycles. The van der Waals surface area contributed by atoms with E-state index in [1.807, 2.05) is 24.3 Å². The summed E-state index contributed by atoms with van der Waals surface area (Å²) in [5.41, 5.74) is 6.65. The third kappa shape index (κ3) is 12.7. The highest BCUT2D eigenvalue weighted by atomic mass is 16.7. The highest BCUT2D eigenvalue weighted by Crippen LogP contribution is 2.23. The van der Waals surface area contributed by atoms with Gasteiger partial charge in [0.05, 0.1) is 24.9 Å². The lowest BCUT2D eigenvalue weighted by Gasteiger charge is -2.32. The van der Waals surface area contributed by atoms with Crippen LogP contribution in [0.1, 0.15) is 44.6 Å². The number of likely N-dealkylation sites (N-methyl/N-ethyl adjacent to an activating group) is 1. The van der Waals surface area contributed by atoms with Gasteiger partial charge in [0.25, 0.3) is 0 Å². The Morgan fingerprint density at radius 2 is 2.00 bits per heavy atom. The van der Waals surface area contributed by atoms with Gasteiger partial charge in [-0.25, -0.2) is 5.90 Å². The molecular formula is C25H44N4O7. The lowest BCUT2D eigenvalue weighted by atomic mass is 9.98. The lowest BCUT2D eigenvalue weighted by molar-refractivity contribution is -0.184. The molecule has 0 radical (unpaired) electrons. The first-order valence-corrected chi connectivity index (χ1v) is 12.5. The molecule has 0 spiro atoms. The maximum Gasteiger partial charge on any atom is 0.237 e. The number of carbonyl (C=O) groups excluding carboxylic acids is 2. The zero-order valence-electron chi connectivity index (χ0n) is 21.4. The monoisotopic (exact) mass is 512 g/mol. The van der Waals surface area contributed by atoms with Crippen LogP contribution >= 0.6 is 0 Å². The Hall–Kier alpha value is -2.12. The predicted molar refractivity (Wildman–Crippen MR) is 136 cm³/mol. The quantitative estimate of drug-likeness (QED) is 0.138. The van der Waals surface area contributed by atoms with Crippen molar-refractivity contribution in [2.75, 3.05) is 33.4 Å². The molecular weight excluding hydrogens is 468 g/mol. The smallest absolute Gasteiger partial charge is 0.237 e. The van der Waals surface area contributed by atoms with Crippen LogP contribution in [0.25, 0.3) is 0 Å². The number of carbonyl (C=O) groups is 2. The molecule has 8 N–H and O–H groups in total. The highest BCUT2D eigenvalue weighted by molar-refractivity contribution is 5.82. The largest absolute Gasteiger partial charge is 0.465 e. The van der Waals surface area contributed by atoms with Gasteiger partial charge in [-0.3, -0.25) is 9.63 Å². The van der Waals surface area contributed by atoms with Gasteiger partial charge in [-0.1, -0.05) is 25.5 Å². The van der Waals surface area contributed by atoms with Gasteiger partial charge in [0.2, 0.25) is 12.2 Å². The second-order valence-corrected chi connectivity index (χ2v) is 8.73. The first-order valence-electron chi connectivity index (χ1n) is 12.5. The summed E-state index contributed by atoms with van der Waals surface area (Å²) in [5.74, 6) is 5.57. The number of hydrogen-bond acceptors (Lipinski definition) is 10. The second-order valence-electron chi connectivity index (χ2n) is 8.73. The van der Waals surface area contributed by atoms with E-state index in [9.17, 15) is 19.8 Å². The third-order valence-electron chi connectivity index (χ3n) is 6.01. The van der Waals surface area contributed by atoms with Gasteiger partial charge in [-0.15, -0.1) is 0 Å². The van der Waals surface area contributed by atoms with Gasteiger partial charge in [0.15, 0.2) is 0 Å². The number of amides is 1. The first-order chi connectivity index (χ1) is 17.4. The van der Waals surface area contributed by atoms with Gasteiger partial charge in [0, 0.05) is 19.4 Å². The molecule has 11 heteroatoms. The van der Waals surface area contributed by atoms with E-state index in [4.69, 9.17) is 15.2 Å². The van der Waals surface area contributed by atoms with Crippen molar-refractivity contribution >= 4 is 12.2 Å². The van der Waals surface area contributed by atoms with Gasteiger partial charge in [0.1, 0.15) is 18.6 Å². The van der Waals surface area contributed by atoms with Crippen LogP contribution in [0.5, 0.6) is 5.75 Å². The van der Waals surface area contributed by atoms with Crippen molar-refractivity contribution in [3.05, 3.63) is 29.8 Å². The van der Waals surface area contributed by atoms with Crippen LogP contribution < -0.4 is 27.0 Å². The fraction of sp³-hybridized carbons (Fsp3) is 0.680. The van der Waals surface area contributed by atoms with Gasteiger partial charge >= 0.3 is 0 Å². The van der Waals surface area contributed by atoms with E-state index in [2.05, 4.69) is 28.3 Å². The molecule has 0 aliphatic carbocycles. The molecule has 1 aliphatic rings. The van der Waals surface area contributed by atoms with E-state index in [0.29, 0.717) is 50.3 Å². The van der Waals surface area contributed by atoms with Crippen LogP contribution in [0.2, 0.25) is 0 Å². The fourth-order valence-corrected chi connectivity index (χ4v) is 3.91. The summed E-state index contributed by atoms with van der Waals surface area (Å²) in [6.07, 6.45) is 3.38. The maximum atomic E-state index is 12.5. The predicted octanol–water partition coefficient (Wildman–Crippen LogP) is 0.0111. The second kappa shape index (κ2) is 19.1. The van der Waals surface area contributed by atoms with E-state index >= 15 is 0 Å². The van der Waals surface area contributed by atoms with Crippen molar-refractivity contribution in [3.63, 3.8) is 0 Å². The van der Waals surface area contributed by atoms with Crippen molar-refractivity contribution in [3.8, 4) is 5.75 Å². The number of nitrogens with two attached hydrogens (primary N) is 2. The first kappa shape index (κ1) is 31.9. The third-order valence-corrected chi connectivity index (χ3v) is 6.01. The van der Waals surface area contributed by atoms with Crippen molar-refractivity contribution < 1.29 is 34.1 Å². The topological polar surface area (TPSA) is 178 Å². The molecule has 0 aromatic heterocycles. The van der Waals surface area contributed by atoms with Crippen LogP contribution in [-0.2, 0) is 25.6 Å². The number of aliphatic hydroxyl groups excluding tert-OH is 2. The molecule has 3 unspecified atom stereocenters. The number of rotatable bonds is 15. The van der Waals surface area contributed by atoms with E-state index in [1.165, 1.54) is 0 Å². The Morgan fingerprint density at radius 1 is 1.28 bits per heavy atom. The summed E-state index contributed by atoms with van der Waals surface area (Å²) in [5, 5.41) is 25.3. The molecule has 1 amide bonds. The molecule has 1 heterocycles. The Labute approximate surface area is 213 Å². The van der Waals surface area contributed by atoms with Crippen LogP contribution in [0, 0.1) is 5.92 Å². The number of aldehydes is 1. The Morgan fingerprint density at radius 3 is 2.53 bits per heavy atom. The lowest BCUT2D eigenvalue weighted by Crippen LogP contribution is -2.44. The number of hydrogen-bond donors (Lipinski definition) is 6. The van der Waals surface area contributed by atoms with E-state index in [0.717, 1.165) is 24.8 Å². The molecule has 1 aliphatic heterocycles. The molecule has 206 valence electrons. The number of nitrogens with one attached hydrogen (secondary N) is 2. The molecule has 1 fully saturated rings. The van der Waals surface area contributed by atoms with E-state index in [-0.39, 0.29) is 25.2 Å². The molecule has 5 atom stereocenters. The van der Waals surface area contributed by atoms with E-state index < -0.39 is 18.5 Å². The van der Waals surface area contributed by atoms with Crippen LogP contribution in [0.4, 0.5) is 0 Å². The van der Waals surface area contributed by atoms with Crippen molar-refractivity contribution in [1.82, 2.24) is 10.6 Å². The van der Waals surface area contributed by atoms with Crippen molar-refractivity contribution in [2.45, 2.75) is 70.0 Å². The van der Waals surface area contributed by atoms with Gasteiger partial charge < -0.3 is 40.8 Å². The zero-order valence-corrected chi connectivity index (χ0v) is 21.4. The Bertz CT molecular complexity index is 723. The SMILES string of the molecule is CCC(CCN)CCNC(=O)C(Cc1ccc(O[C@H]2CC(O)C[C@@H](CO)O2)cc1)NC.NOCC=O. The molecule has 2 rings (SSSR count). The average molecular weight is 513 g/mol. The van der Waals surface area contributed by atoms with Gasteiger partial charge in [-0.2, -0.15) is 0 Å². The highest BCUT2D eigenvalue weighted by Gasteiger charge is 2.29. The minimum atomic E-state index is -0.589. The minimum absolute atomic E-state index is 0.00920. The van der Waals surface area contributed by atoms with Gasteiger partial charge in [-0.05, 0) is 56.5 Å². The Kier molecular flexibility index (Phi) is 16.9. The summed E-state index contributed by atoms with van der Waals surface area (Å²) >= 11 is 0. The number of benzene rings is 1. The standard InChI is InChI=1S/C23H39N3O5.C2H5NO2/c1-3-16(8-10-24)9-11-26-23(29)21(25-2)12-17-4-6-19(7-5-17)30-22-14-18(28)13-20(15-27)31-22;3-5-2-1-4/h4-7,16,18,20-22,25,27-28H,3,8-15,24H2,1-2H3,(H,26,29);1H,2-3H2/t16?,18?,20-,21?,22+;/m0./s1. The minimum Gasteiger partial charge on any atom is -0.465 e. The van der Waals surface area contributed by atoms with Crippen molar-refractivity contribution in [2.24, 2.45) is 17.5 Å². The van der Waals surface area contributed by atoms with E-state index in [1.54, 1.807) is 7.05 Å². The molecule has 1 aromatic rings. The summed E-state index contributed by atoms with van der Waals surface area (Å²) < 4.78 is 11.4. The van der Waals surface area contributed by atoms with Crippen molar-refractivity contribution in [1.29, 1.82) is 0 Å². The molecule has 0 saturated carbocycles. The van der Waals surface area contributed by atoms with Crippen LogP contribution in [-0.4, -0.2) is 80.3 Å². The van der Waals surface area contributed by atoms with Crippen LogP contribution in [0.15, 0.2) is 24.3 Å². The Balaban J connectivity index is 0.00000118. The average Bonchev–Trinajstić information content (AvgIpc) is 2.88. The normalized spacial score (nSPS) is 21.0. The summed E-state index contributed by atoms with van der Waals surface area (Å²) in [6, 6.07) is 7.19. The molecule has 0 bridgehead atoms. The van der Waals surface area contributed by atoms with Crippen LogP contribution in [0.3, 0.4) is 0 Å². The molecule has 11 nitrogen and oxygen atoms in total. The summed E-state index contributed by atoms with van der Waals surface area (Å²) in [7, 11) is 1.79. The number of aliphatic hydroxyl groups is 2. The summed E-state index contributed by atoms with van der Waals surface area (Å²) in [6.45, 7) is 3.33. The fourth-order valence-electron chi connectivity index (χ4n) is 3.91. The zero-order chi connectivity index (χ0) is 26.8. The number of ether oxygens (including phenoxy) is 2. The maximum absolute atomic E-state index is 12.5.